The second-order valence-corrected chi connectivity index (χ2v) is 8.46. The summed E-state index contributed by atoms with van der Waals surface area (Å²) in [4.78, 5) is 32.5. The number of ketones is 1. The number of carbonyl (C=O) groups is 2. The van der Waals surface area contributed by atoms with Crippen LogP contribution in [0.15, 0.2) is 58.4 Å². The van der Waals surface area contributed by atoms with Crippen molar-refractivity contribution in [2.45, 2.75) is 26.3 Å². The molecule has 0 saturated carbocycles. The second-order valence-electron chi connectivity index (χ2n) is 7.25. The molecule has 31 heavy (non-hydrogen) atoms. The maximum atomic E-state index is 13.4. The average Bonchev–Trinajstić information content (AvgIpc) is 3.46. The molecule has 3 heterocycles. The number of hydrogen-bond donors (Lipinski definition) is 1. The van der Waals surface area contributed by atoms with Crippen LogP contribution in [0.1, 0.15) is 37.7 Å². The summed E-state index contributed by atoms with van der Waals surface area (Å²) in [5, 5.41) is 11.4. The normalized spacial score (nSPS) is 16.3. The molecule has 1 N–H and O–H groups in total. The fraction of sp³-hybridized carbons (Fsp3) is 0.261. The first-order valence-electron chi connectivity index (χ1n) is 9.80. The van der Waals surface area contributed by atoms with Crippen molar-refractivity contribution in [2.75, 3.05) is 13.7 Å². The standard InChI is InChI=1S/C23H22N2O5S/c1-13-22(31-14(2)24-13)20(26)18-19(17-5-4-12-30-17)25(23(28)21(18)27)11-10-15-6-8-16(29-3)9-7-15/h4-9,12,19,27H,10-11H2,1-3H3. The van der Waals surface area contributed by atoms with E-state index in [1.807, 2.05) is 31.2 Å². The topological polar surface area (TPSA) is 92.9 Å². The number of benzene rings is 1. The first-order valence-corrected chi connectivity index (χ1v) is 10.6. The first kappa shape index (κ1) is 20.9. The van der Waals surface area contributed by atoms with Crippen molar-refractivity contribution in [2.24, 2.45) is 0 Å². The van der Waals surface area contributed by atoms with Crippen LogP contribution in [0.2, 0.25) is 0 Å². The number of carbonyl (C=O) groups excluding carboxylic acids is 2. The third-order valence-electron chi connectivity index (χ3n) is 5.27. The molecule has 0 fully saturated rings. The van der Waals surface area contributed by atoms with Crippen molar-refractivity contribution in [3.05, 3.63) is 80.9 Å². The molecule has 1 aliphatic heterocycles. The molecule has 4 rings (SSSR count). The summed E-state index contributed by atoms with van der Waals surface area (Å²) in [6.45, 7) is 3.86. The van der Waals surface area contributed by atoms with E-state index in [-0.39, 0.29) is 5.57 Å². The van der Waals surface area contributed by atoms with Crippen LogP contribution in [0.4, 0.5) is 0 Å². The second kappa shape index (κ2) is 8.39. The number of aromatic nitrogens is 1. The SMILES string of the molecule is COc1ccc(CCN2C(=O)C(O)=C(C(=O)c3sc(C)nc3C)C2c2ccco2)cc1. The molecule has 0 saturated heterocycles. The molecule has 0 spiro atoms. The van der Waals surface area contributed by atoms with Gasteiger partial charge in [0.2, 0.25) is 5.78 Å². The Morgan fingerprint density at radius 2 is 2.00 bits per heavy atom. The van der Waals surface area contributed by atoms with Crippen molar-refractivity contribution in [3.63, 3.8) is 0 Å². The van der Waals surface area contributed by atoms with Crippen LogP contribution in [-0.2, 0) is 11.2 Å². The highest BCUT2D eigenvalue weighted by Crippen LogP contribution is 2.40. The zero-order chi connectivity index (χ0) is 22.1. The van der Waals surface area contributed by atoms with Crippen LogP contribution in [0.25, 0.3) is 0 Å². The third kappa shape index (κ3) is 3.86. The van der Waals surface area contributed by atoms with E-state index < -0.39 is 23.5 Å². The van der Waals surface area contributed by atoms with Gasteiger partial charge < -0.3 is 19.2 Å². The number of methoxy groups -OCH3 is 1. The van der Waals surface area contributed by atoms with Gasteiger partial charge in [0.25, 0.3) is 5.91 Å². The number of aliphatic hydroxyl groups is 1. The van der Waals surface area contributed by atoms with Gasteiger partial charge in [0.05, 0.1) is 34.5 Å². The fourth-order valence-corrected chi connectivity index (χ4v) is 4.64. The van der Waals surface area contributed by atoms with E-state index in [1.165, 1.54) is 22.5 Å². The predicted molar refractivity (Wildman–Crippen MR) is 115 cm³/mol. The van der Waals surface area contributed by atoms with E-state index >= 15 is 0 Å². The summed E-state index contributed by atoms with van der Waals surface area (Å²) in [5.41, 5.74) is 1.61. The molecule has 0 aliphatic carbocycles. The highest BCUT2D eigenvalue weighted by Gasteiger charge is 2.45. The Balaban J connectivity index is 1.66. The minimum Gasteiger partial charge on any atom is -0.503 e. The summed E-state index contributed by atoms with van der Waals surface area (Å²) in [6, 6.07) is 10.1. The minimum atomic E-state index is -0.796. The molecule has 3 aromatic rings. The Morgan fingerprint density at radius 3 is 2.58 bits per heavy atom. The molecule has 8 heteroatoms. The zero-order valence-electron chi connectivity index (χ0n) is 17.4. The highest BCUT2D eigenvalue weighted by atomic mass is 32.1. The Bertz CT molecular complexity index is 1150. The third-order valence-corrected chi connectivity index (χ3v) is 6.34. The number of amides is 1. The molecule has 0 bridgehead atoms. The van der Waals surface area contributed by atoms with E-state index in [1.54, 1.807) is 26.2 Å². The lowest BCUT2D eigenvalue weighted by molar-refractivity contribution is -0.129. The van der Waals surface area contributed by atoms with E-state index in [2.05, 4.69) is 4.98 Å². The molecule has 1 aliphatic rings. The Kier molecular flexibility index (Phi) is 5.65. The van der Waals surface area contributed by atoms with Crippen LogP contribution in [0, 0.1) is 13.8 Å². The zero-order valence-corrected chi connectivity index (χ0v) is 18.2. The van der Waals surface area contributed by atoms with Crippen LogP contribution >= 0.6 is 11.3 Å². The number of rotatable bonds is 7. The number of Topliss-reactive ketones (excluding diaryl/α,β-unsaturated/α-hetero) is 1. The molecule has 2 aromatic heterocycles. The van der Waals surface area contributed by atoms with Crippen LogP contribution in [0.5, 0.6) is 5.75 Å². The maximum Gasteiger partial charge on any atom is 0.290 e. The van der Waals surface area contributed by atoms with Gasteiger partial charge in [-0.25, -0.2) is 4.98 Å². The van der Waals surface area contributed by atoms with Crippen molar-refractivity contribution in [3.8, 4) is 5.75 Å². The van der Waals surface area contributed by atoms with Crippen molar-refractivity contribution >= 4 is 23.0 Å². The molecule has 1 amide bonds. The average molecular weight is 439 g/mol. The van der Waals surface area contributed by atoms with Gasteiger partial charge in [-0.3, -0.25) is 9.59 Å². The van der Waals surface area contributed by atoms with Gasteiger partial charge in [0.15, 0.2) is 5.76 Å². The molecule has 0 radical (unpaired) electrons. The number of hydrogen-bond acceptors (Lipinski definition) is 7. The van der Waals surface area contributed by atoms with Gasteiger partial charge in [-0.1, -0.05) is 12.1 Å². The number of ether oxygens (including phenoxy) is 1. The monoisotopic (exact) mass is 438 g/mol. The lowest BCUT2D eigenvalue weighted by Crippen LogP contribution is -2.32. The minimum absolute atomic E-state index is 0.0291. The molecular formula is C23H22N2O5S. The number of aliphatic hydroxyl groups excluding tert-OH is 1. The van der Waals surface area contributed by atoms with Gasteiger partial charge in [-0.15, -0.1) is 11.3 Å². The Labute approximate surface area is 183 Å². The van der Waals surface area contributed by atoms with Crippen LogP contribution in [-0.4, -0.2) is 40.3 Å². The van der Waals surface area contributed by atoms with Gasteiger partial charge in [0.1, 0.15) is 17.6 Å². The summed E-state index contributed by atoms with van der Waals surface area (Å²) in [7, 11) is 1.60. The Hall–Kier alpha value is -3.39. The van der Waals surface area contributed by atoms with Gasteiger partial charge in [0, 0.05) is 6.54 Å². The highest BCUT2D eigenvalue weighted by molar-refractivity contribution is 7.14. The van der Waals surface area contributed by atoms with Crippen molar-refractivity contribution in [1.82, 2.24) is 9.88 Å². The van der Waals surface area contributed by atoms with Gasteiger partial charge >= 0.3 is 0 Å². The van der Waals surface area contributed by atoms with Crippen LogP contribution in [0.3, 0.4) is 0 Å². The largest absolute Gasteiger partial charge is 0.503 e. The molecule has 1 aromatic carbocycles. The number of thiazole rings is 1. The first-order chi connectivity index (χ1) is 14.9. The molecule has 160 valence electrons. The van der Waals surface area contributed by atoms with Crippen molar-refractivity contribution < 1.29 is 23.8 Å². The van der Waals surface area contributed by atoms with Crippen LogP contribution < -0.4 is 4.74 Å². The summed E-state index contributed by atoms with van der Waals surface area (Å²) in [5.74, 6) is -0.350. The molecule has 7 nitrogen and oxygen atoms in total. The lowest BCUT2D eigenvalue weighted by atomic mass is 9.99. The number of aryl methyl sites for hydroxylation is 2. The molecule has 1 atom stereocenters. The summed E-state index contributed by atoms with van der Waals surface area (Å²) >= 11 is 1.25. The smallest absolute Gasteiger partial charge is 0.290 e. The number of furan rings is 1. The maximum absolute atomic E-state index is 13.4. The van der Waals surface area contributed by atoms with Crippen molar-refractivity contribution in [1.29, 1.82) is 0 Å². The fourth-order valence-electron chi connectivity index (χ4n) is 3.76. The van der Waals surface area contributed by atoms with E-state index in [0.717, 1.165) is 16.3 Å². The predicted octanol–water partition coefficient (Wildman–Crippen LogP) is 4.18. The summed E-state index contributed by atoms with van der Waals surface area (Å²) in [6.07, 6.45) is 2.03. The van der Waals surface area contributed by atoms with Gasteiger partial charge in [-0.05, 0) is 50.1 Å². The summed E-state index contributed by atoms with van der Waals surface area (Å²) < 4.78 is 10.7. The Morgan fingerprint density at radius 1 is 1.26 bits per heavy atom. The quantitative estimate of drug-likeness (QED) is 0.556. The van der Waals surface area contributed by atoms with E-state index in [4.69, 9.17) is 9.15 Å². The molecule has 1 unspecified atom stereocenters. The number of nitrogens with zero attached hydrogens (tertiary/aromatic N) is 2. The van der Waals surface area contributed by atoms with Gasteiger partial charge in [-0.2, -0.15) is 0 Å². The molecular weight excluding hydrogens is 416 g/mol. The lowest BCUT2D eigenvalue weighted by Gasteiger charge is -2.24. The van der Waals surface area contributed by atoms with E-state index in [9.17, 15) is 14.7 Å². The van der Waals surface area contributed by atoms with E-state index in [0.29, 0.717) is 29.3 Å².